The number of carbonyl (C=O) groups is 1. The number of benzene rings is 1. The predicted molar refractivity (Wildman–Crippen MR) is 75.1 cm³/mol. The van der Waals surface area contributed by atoms with Crippen molar-refractivity contribution in [2.75, 3.05) is 19.4 Å². The molecule has 0 saturated carbocycles. The van der Waals surface area contributed by atoms with E-state index in [9.17, 15) is 13.2 Å². The average Bonchev–Trinajstić information content (AvgIpc) is 2.43. The number of sulfonamides is 1. The van der Waals surface area contributed by atoms with Crippen LogP contribution in [0.4, 0.5) is 0 Å². The van der Waals surface area contributed by atoms with Crippen LogP contribution in [-0.2, 0) is 21.4 Å². The van der Waals surface area contributed by atoms with Crippen LogP contribution in [0.1, 0.15) is 18.9 Å². The Balaban J connectivity index is 2.77. The minimum Gasteiger partial charge on any atom is -0.497 e. The summed E-state index contributed by atoms with van der Waals surface area (Å²) in [5.41, 5.74) is 0.826. The van der Waals surface area contributed by atoms with E-state index < -0.39 is 16.0 Å². The van der Waals surface area contributed by atoms with E-state index >= 15 is 0 Å². The normalized spacial score (nSPS) is 11.6. The van der Waals surface area contributed by atoms with Crippen LogP contribution in [0.5, 0.6) is 5.75 Å². The van der Waals surface area contributed by atoms with Crippen LogP contribution in [0.15, 0.2) is 24.3 Å². The van der Waals surface area contributed by atoms with Gasteiger partial charge in [-0.2, -0.15) is 4.31 Å². The van der Waals surface area contributed by atoms with Gasteiger partial charge in [0.1, 0.15) is 5.75 Å². The number of aliphatic carboxylic acids is 1. The zero-order chi connectivity index (χ0) is 15.2. The number of carboxylic acid groups (broad SMARTS) is 1. The van der Waals surface area contributed by atoms with E-state index in [1.165, 1.54) is 4.31 Å². The third-order valence-corrected chi connectivity index (χ3v) is 4.73. The number of hydrogen-bond acceptors (Lipinski definition) is 4. The molecule has 0 spiro atoms. The summed E-state index contributed by atoms with van der Waals surface area (Å²) in [6, 6.07) is 7.09. The van der Waals surface area contributed by atoms with E-state index in [-0.39, 0.29) is 18.7 Å². The molecule has 7 heteroatoms. The Morgan fingerprint density at radius 2 is 1.90 bits per heavy atom. The lowest BCUT2D eigenvalue weighted by Crippen LogP contribution is -2.33. The summed E-state index contributed by atoms with van der Waals surface area (Å²) < 4.78 is 30.4. The first kappa shape index (κ1) is 16.5. The van der Waals surface area contributed by atoms with Crippen LogP contribution in [0.25, 0.3) is 0 Å². The standard InChI is InChI=1S/C13H19NO5S/c1-3-14(20(17,18)9-8-13(15)16)10-11-4-6-12(19-2)7-5-11/h4-7H,3,8-10H2,1-2H3,(H,15,16). The molecule has 20 heavy (non-hydrogen) atoms. The zero-order valence-electron chi connectivity index (χ0n) is 11.6. The first-order valence-electron chi connectivity index (χ1n) is 6.21. The molecule has 0 amide bonds. The van der Waals surface area contributed by atoms with Crippen molar-refractivity contribution in [2.45, 2.75) is 19.9 Å². The highest BCUT2D eigenvalue weighted by molar-refractivity contribution is 7.89. The molecular weight excluding hydrogens is 282 g/mol. The Bertz CT molecular complexity index is 538. The van der Waals surface area contributed by atoms with Crippen molar-refractivity contribution in [3.8, 4) is 5.75 Å². The molecule has 0 saturated heterocycles. The van der Waals surface area contributed by atoms with Crippen molar-refractivity contribution in [1.29, 1.82) is 0 Å². The molecule has 1 aromatic rings. The van der Waals surface area contributed by atoms with Crippen molar-refractivity contribution in [3.63, 3.8) is 0 Å². The molecule has 0 aromatic heterocycles. The van der Waals surface area contributed by atoms with Crippen LogP contribution >= 0.6 is 0 Å². The van der Waals surface area contributed by atoms with E-state index in [1.54, 1.807) is 38.3 Å². The Kier molecular flexibility index (Phi) is 5.97. The molecule has 0 bridgehead atoms. The van der Waals surface area contributed by atoms with Crippen LogP contribution in [0.3, 0.4) is 0 Å². The van der Waals surface area contributed by atoms with Crippen LogP contribution in [-0.4, -0.2) is 43.2 Å². The van der Waals surface area contributed by atoms with Gasteiger partial charge in [0, 0.05) is 13.1 Å². The fraction of sp³-hybridized carbons (Fsp3) is 0.462. The molecule has 6 nitrogen and oxygen atoms in total. The van der Waals surface area contributed by atoms with E-state index in [4.69, 9.17) is 9.84 Å². The minimum absolute atomic E-state index is 0.225. The number of methoxy groups -OCH3 is 1. The van der Waals surface area contributed by atoms with Crippen molar-refractivity contribution in [3.05, 3.63) is 29.8 Å². The quantitative estimate of drug-likeness (QED) is 0.783. The molecule has 0 unspecified atom stereocenters. The lowest BCUT2D eigenvalue weighted by atomic mass is 10.2. The van der Waals surface area contributed by atoms with E-state index in [2.05, 4.69) is 0 Å². The summed E-state index contributed by atoms with van der Waals surface area (Å²) in [4.78, 5) is 10.5. The highest BCUT2D eigenvalue weighted by Crippen LogP contribution is 2.15. The van der Waals surface area contributed by atoms with Crippen molar-refractivity contribution in [2.24, 2.45) is 0 Å². The summed E-state index contributed by atoms with van der Waals surface area (Å²) >= 11 is 0. The predicted octanol–water partition coefficient (Wildman–Crippen LogP) is 1.32. The Hall–Kier alpha value is -1.60. The molecule has 0 aliphatic heterocycles. The summed E-state index contributed by atoms with van der Waals surface area (Å²) in [5, 5.41) is 8.58. The van der Waals surface area contributed by atoms with Crippen molar-refractivity contribution in [1.82, 2.24) is 4.31 Å². The van der Waals surface area contributed by atoms with Gasteiger partial charge in [-0.3, -0.25) is 4.79 Å². The number of carboxylic acids is 1. The van der Waals surface area contributed by atoms with Gasteiger partial charge >= 0.3 is 5.97 Å². The molecule has 0 atom stereocenters. The van der Waals surface area contributed by atoms with E-state index in [1.807, 2.05) is 0 Å². The fourth-order valence-electron chi connectivity index (χ4n) is 1.69. The summed E-state index contributed by atoms with van der Waals surface area (Å²) in [6.45, 7) is 2.25. The molecular formula is C13H19NO5S. The number of rotatable bonds is 8. The van der Waals surface area contributed by atoms with Gasteiger partial charge in [-0.1, -0.05) is 19.1 Å². The Morgan fingerprint density at radius 1 is 1.30 bits per heavy atom. The number of ether oxygens (including phenoxy) is 1. The molecule has 0 aliphatic rings. The highest BCUT2D eigenvalue weighted by atomic mass is 32.2. The van der Waals surface area contributed by atoms with Gasteiger partial charge in [0.2, 0.25) is 10.0 Å². The van der Waals surface area contributed by atoms with Crippen LogP contribution in [0, 0.1) is 0 Å². The molecule has 1 aromatic carbocycles. The molecule has 0 aliphatic carbocycles. The smallest absolute Gasteiger partial charge is 0.304 e. The third kappa shape index (κ3) is 4.82. The second-order valence-corrected chi connectivity index (χ2v) is 6.32. The van der Waals surface area contributed by atoms with Gasteiger partial charge in [-0.15, -0.1) is 0 Å². The molecule has 1 N–H and O–H groups in total. The number of nitrogens with zero attached hydrogens (tertiary/aromatic N) is 1. The fourth-order valence-corrected chi connectivity index (χ4v) is 3.12. The average molecular weight is 301 g/mol. The maximum Gasteiger partial charge on any atom is 0.304 e. The lowest BCUT2D eigenvalue weighted by Gasteiger charge is -2.20. The molecule has 0 radical (unpaired) electrons. The zero-order valence-corrected chi connectivity index (χ0v) is 12.4. The highest BCUT2D eigenvalue weighted by Gasteiger charge is 2.21. The first-order chi connectivity index (χ1) is 9.39. The third-order valence-electron chi connectivity index (χ3n) is 2.84. The van der Waals surface area contributed by atoms with Gasteiger partial charge in [-0.25, -0.2) is 8.42 Å². The van der Waals surface area contributed by atoms with Crippen LogP contribution in [0.2, 0.25) is 0 Å². The van der Waals surface area contributed by atoms with Gasteiger partial charge in [0.15, 0.2) is 0 Å². The van der Waals surface area contributed by atoms with Gasteiger partial charge in [0.25, 0.3) is 0 Å². The summed E-state index contributed by atoms with van der Waals surface area (Å²) in [6.07, 6.45) is -0.387. The Morgan fingerprint density at radius 3 is 2.35 bits per heavy atom. The first-order valence-corrected chi connectivity index (χ1v) is 7.82. The van der Waals surface area contributed by atoms with Gasteiger partial charge in [0.05, 0.1) is 19.3 Å². The van der Waals surface area contributed by atoms with Crippen LogP contribution < -0.4 is 4.74 Å². The topological polar surface area (TPSA) is 83.9 Å². The Labute approximate surface area is 119 Å². The van der Waals surface area contributed by atoms with E-state index in [0.717, 1.165) is 5.56 Å². The monoisotopic (exact) mass is 301 g/mol. The van der Waals surface area contributed by atoms with Gasteiger partial charge in [-0.05, 0) is 17.7 Å². The number of hydrogen-bond donors (Lipinski definition) is 1. The summed E-state index contributed by atoms with van der Waals surface area (Å²) in [5.74, 6) is -0.800. The molecule has 112 valence electrons. The maximum absolute atomic E-state index is 12.0. The maximum atomic E-state index is 12.0. The van der Waals surface area contributed by atoms with Crippen molar-refractivity contribution < 1.29 is 23.1 Å². The second-order valence-electron chi connectivity index (χ2n) is 4.23. The largest absolute Gasteiger partial charge is 0.497 e. The molecule has 0 heterocycles. The molecule has 1 rings (SSSR count). The molecule has 0 fully saturated rings. The second kappa shape index (κ2) is 7.25. The van der Waals surface area contributed by atoms with E-state index in [0.29, 0.717) is 12.3 Å². The minimum atomic E-state index is -3.56. The lowest BCUT2D eigenvalue weighted by molar-refractivity contribution is -0.136. The SMILES string of the molecule is CCN(Cc1ccc(OC)cc1)S(=O)(=O)CCC(=O)O. The van der Waals surface area contributed by atoms with Crippen molar-refractivity contribution >= 4 is 16.0 Å². The van der Waals surface area contributed by atoms with Gasteiger partial charge < -0.3 is 9.84 Å². The summed E-state index contributed by atoms with van der Waals surface area (Å²) in [7, 11) is -2.00.